The van der Waals surface area contributed by atoms with Crippen LogP contribution >= 0.6 is 15.9 Å². The molecule has 7 nitrogen and oxygen atoms in total. The smallest absolute Gasteiger partial charge is 0.258 e. The Morgan fingerprint density at radius 2 is 1.53 bits per heavy atom. The van der Waals surface area contributed by atoms with Gasteiger partial charge in [-0.1, -0.05) is 24.3 Å². The van der Waals surface area contributed by atoms with E-state index in [0.717, 1.165) is 74.6 Å². The lowest BCUT2D eigenvalue weighted by atomic mass is 10.1. The van der Waals surface area contributed by atoms with Gasteiger partial charge in [-0.05, 0) is 77.3 Å². The summed E-state index contributed by atoms with van der Waals surface area (Å²) in [6.45, 7) is 7.26. The highest BCUT2D eigenvalue weighted by Crippen LogP contribution is 2.33. The maximum Gasteiger partial charge on any atom is 0.258 e. The molecule has 0 radical (unpaired) electrons. The number of benzene rings is 3. The highest BCUT2D eigenvalue weighted by Gasteiger charge is 2.25. The number of amides is 2. The molecule has 1 N–H and O–H groups in total. The van der Waals surface area contributed by atoms with Crippen molar-refractivity contribution in [2.75, 3.05) is 67.6 Å². The first kappa shape index (κ1) is 26.4. The molecule has 38 heavy (non-hydrogen) atoms. The molecule has 0 aliphatic carbocycles. The molecule has 2 amide bonds. The number of nitrogens with one attached hydrogen (secondary N) is 1. The summed E-state index contributed by atoms with van der Waals surface area (Å²) in [6, 6.07) is 22.6. The first-order valence-corrected chi connectivity index (χ1v) is 14.0. The van der Waals surface area contributed by atoms with Crippen LogP contribution in [-0.4, -0.2) is 69.2 Å². The number of halogens is 1. The summed E-state index contributed by atoms with van der Waals surface area (Å²) in [6.07, 6.45) is 1.98. The van der Waals surface area contributed by atoms with Crippen molar-refractivity contribution in [3.05, 3.63) is 88.4 Å². The molecular weight excluding hydrogens is 544 g/mol. The third kappa shape index (κ3) is 6.26. The van der Waals surface area contributed by atoms with Gasteiger partial charge >= 0.3 is 0 Å². The zero-order valence-electron chi connectivity index (χ0n) is 21.4. The van der Waals surface area contributed by atoms with E-state index in [1.807, 2.05) is 41.3 Å². The number of ether oxygens (including phenoxy) is 1. The molecule has 198 valence electrons. The largest absolute Gasteiger partial charge is 0.379 e. The molecule has 2 aliphatic rings. The molecule has 8 heteroatoms. The van der Waals surface area contributed by atoms with Crippen molar-refractivity contribution < 1.29 is 14.3 Å². The van der Waals surface area contributed by atoms with E-state index in [2.05, 4.69) is 37.1 Å². The van der Waals surface area contributed by atoms with E-state index in [1.54, 1.807) is 30.3 Å². The molecule has 2 heterocycles. The lowest BCUT2D eigenvalue weighted by molar-refractivity contribution is 0.0376. The van der Waals surface area contributed by atoms with Gasteiger partial charge in [-0.15, -0.1) is 0 Å². The maximum absolute atomic E-state index is 13.6. The molecule has 0 atom stereocenters. The molecule has 0 bridgehead atoms. The standard InChI is InChI=1S/C30H33BrN4O3/c31-26-8-2-1-7-25(26)29(36)32-24-13-11-23(12-14-24)30(37)35-18-6-17-34(27-9-3-4-10-28(27)35)16-5-15-33-19-21-38-22-20-33/h1-4,7-14H,5-6,15-22H2,(H,32,36). The summed E-state index contributed by atoms with van der Waals surface area (Å²) >= 11 is 3.42. The van der Waals surface area contributed by atoms with Crippen LogP contribution in [0.15, 0.2) is 77.3 Å². The molecule has 0 saturated carbocycles. The van der Waals surface area contributed by atoms with E-state index in [0.29, 0.717) is 23.4 Å². The quantitative estimate of drug-likeness (QED) is 0.414. The number of hydrogen-bond acceptors (Lipinski definition) is 5. The third-order valence-corrected chi connectivity index (χ3v) is 7.77. The SMILES string of the molecule is O=C(Nc1ccc(C(=O)N2CCCN(CCCN3CCOCC3)c3ccccc32)cc1)c1ccccc1Br. The highest BCUT2D eigenvalue weighted by atomic mass is 79.9. The van der Waals surface area contributed by atoms with Crippen LogP contribution in [0, 0.1) is 0 Å². The van der Waals surface area contributed by atoms with Gasteiger partial charge in [0, 0.05) is 55.0 Å². The Bertz CT molecular complexity index is 1260. The summed E-state index contributed by atoms with van der Waals surface area (Å²) in [5, 5.41) is 2.91. The van der Waals surface area contributed by atoms with Gasteiger partial charge in [-0.3, -0.25) is 14.5 Å². The Balaban J connectivity index is 1.26. The first-order valence-electron chi connectivity index (χ1n) is 13.2. The molecule has 2 aliphatic heterocycles. The minimum absolute atomic E-state index is 0.0312. The lowest BCUT2D eigenvalue weighted by Crippen LogP contribution is -2.38. The fourth-order valence-corrected chi connectivity index (χ4v) is 5.53. The van der Waals surface area contributed by atoms with Gasteiger partial charge < -0.3 is 19.9 Å². The van der Waals surface area contributed by atoms with Gasteiger partial charge in [0.1, 0.15) is 0 Å². The average Bonchev–Trinajstić information content (AvgIpc) is 3.13. The molecule has 3 aromatic rings. The summed E-state index contributed by atoms with van der Waals surface area (Å²) < 4.78 is 6.20. The van der Waals surface area contributed by atoms with Crippen LogP contribution in [0.1, 0.15) is 33.6 Å². The fourth-order valence-electron chi connectivity index (χ4n) is 5.07. The Morgan fingerprint density at radius 3 is 2.29 bits per heavy atom. The zero-order chi connectivity index (χ0) is 26.3. The molecule has 0 aromatic heterocycles. The van der Waals surface area contributed by atoms with Crippen LogP contribution in [0.2, 0.25) is 0 Å². The molecule has 1 saturated heterocycles. The number of fused-ring (bicyclic) bond motifs is 1. The van der Waals surface area contributed by atoms with Crippen molar-refractivity contribution in [2.24, 2.45) is 0 Å². The number of rotatable bonds is 7. The molecule has 0 unspecified atom stereocenters. The lowest BCUT2D eigenvalue weighted by Gasteiger charge is -2.29. The van der Waals surface area contributed by atoms with Crippen molar-refractivity contribution in [2.45, 2.75) is 12.8 Å². The van der Waals surface area contributed by atoms with E-state index in [4.69, 9.17) is 4.74 Å². The van der Waals surface area contributed by atoms with Crippen LogP contribution in [0.3, 0.4) is 0 Å². The van der Waals surface area contributed by atoms with E-state index >= 15 is 0 Å². The monoisotopic (exact) mass is 576 g/mol. The van der Waals surface area contributed by atoms with E-state index < -0.39 is 0 Å². The second kappa shape index (κ2) is 12.6. The van der Waals surface area contributed by atoms with Gasteiger partial charge in [-0.2, -0.15) is 0 Å². The van der Waals surface area contributed by atoms with E-state index in [9.17, 15) is 9.59 Å². The van der Waals surface area contributed by atoms with Crippen LogP contribution in [0.4, 0.5) is 17.1 Å². The third-order valence-electron chi connectivity index (χ3n) is 7.08. The van der Waals surface area contributed by atoms with E-state index in [1.165, 1.54) is 0 Å². The average molecular weight is 578 g/mol. The highest BCUT2D eigenvalue weighted by molar-refractivity contribution is 9.10. The first-order chi connectivity index (χ1) is 18.6. The van der Waals surface area contributed by atoms with Crippen molar-refractivity contribution in [3.8, 4) is 0 Å². The zero-order valence-corrected chi connectivity index (χ0v) is 23.0. The van der Waals surface area contributed by atoms with Crippen LogP contribution in [-0.2, 0) is 4.74 Å². The Hall–Kier alpha value is -3.20. The summed E-state index contributed by atoms with van der Waals surface area (Å²) in [5.74, 6) is -0.233. The number of carbonyl (C=O) groups is 2. The van der Waals surface area contributed by atoms with Gasteiger partial charge in [0.25, 0.3) is 11.8 Å². The molecule has 5 rings (SSSR count). The summed E-state index contributed by atoms with van der Waals surface area (Å²) in [4.78, 5) is 33.1. The molecule has 1 fully saturated rings. The minimum Gasteiger partial charge on any atom is -0.379 e. The van der Waals surface area contributed by atoms with Crippen molar-refractivity contribution in [1.29, 1.82) is 0 Å². The number of nitrogens with zero attached hydrogens (tertiary/aromatic N) is 3. The van der Waals surface area contributed by atoms with Crippen LogP contribution < -0.4 is 15.1 Å². The van der Waals surface area contributed by atoms with Crippen molar-refractivity contribution in [3.63, 3.8) is 0 Å². The second-order valence-electron chi connectivity index (χ2n) is 9.60. The number of carbonyl (C=O) groups excluding carboxylic acids is 2. The molecular formula is C30H33BrN4O3. The van der Waals surface area contributed by atoms with Gasteiger partial charge in [-0.25, -0.2) is 0 Å². The molecule has 0 spiro atoms. The predicted octanol–water partition coefficient (Wildman–Crippen LogP) is 5.28. The van der Waals surface area contributed by atoms with Gasteiger partial charge in [0.2, 0.25) is 0 Å². The van der Waals surface area contributed by atoms with Crippen LogP contribution in [0.25, 0.3) is 0 Å². The maximum atomic E-state index is 13.6. The van der Waals surface area contributed by atoms with Gasteiger partial charge in [0.15, 0.2) is 0 Å². The predicted molar refractivity (Wildman–Crippen MR) is 155 cm³/mol. The topological polar surface area (TPSA) is 65.1 Å². The summed E-state index contributed by atoms with van der Waals surface area (Å²) in [7, 11) is 0. The Morgan fingerprint density at radius 1 is 0.816 bits per heavy atom. The van der Waals surface area contributed by atoms with Crippen molar-refractivity contribution >= 4 is 44.8 Å². The summed E-state index contributed by atoms with van der Waals surface area (Å²) in [5.41, 5.74) is 3.86. The normalized spacial score (nSPS) is 16.0. The van der Waals surface area contributed by atoms with E-state index in [-0.39, 0.29) is 11.8 Å². The number of morpholine rings is 1. The van der Waals surface area contributed by atoms with Gasteiger partial charge in [0.05, 0.1) is 30.2 Å². The number of para-hydroxylation sites is 2. The minimum atomic E-state index is -0.202. The molecule has 3 aromatic carbocycles. The Labute approximate surface area is 232 Å². The Kier molecular flexibility index (Phi) is 8.73. The number of anilines is 3. The van der Waals surface area contributed by atoms with Crippen LogP contribution in [0.5, 0.6) is 0 Å². The number of hydrogen-bond donors (Lipinski definition) is 1. The fraction of sp³-hybridized carbons (Fsp3) is 0.333. The van der Waals surface area contributed by atoms with Crippen molar-refractivity contribution in [1.82, 2.24) is 4.90 Å². The second-order valence-corrected chi connectivity index (χ2v) is 10.5.